The van der Waals surface area contributed by atoms with Gasteiger partial charge >= 0.3 is 0 Å². The van der Waals surface area contributed by atoms with Gasteiger partial charge in [0.1, 0.15) is 5.75 Å². The van der Waals surface area contributed by atoms with Crippen LogP contribution >= 0.6 is 0 Å². The molecule has 0 saturated heterocycles. The van der Waals surface area contributed by atoms with Crippen LogP contribution in [0.5, 0.6) is 5.75 Å². The Bertz CT molecular complexity index is 464. The van der Waals surface area contributed by atoms with E-state index in [0.29, 0.717) is 24.4 Å². The fraction of sp³-hybridized carbons (Fsp3) is 0.562. The second kappa shape index (κ2) is 6.20. The molecule has 3 nitrogen and oxygen atoms in total. The topological polar surface area (TPSA) is 52.3 Å². The lowest BCUT2D eigenvalue weighted by atomic mass is 9.86. The van der Waals surface area contributed by atoms with E-state index in [-0.39, 0.29) is 5.78 Å². The highest BCUT2D eigenvalue weighted by Crippen LogP contribution is 2.29. The van der Waals surface area contributed by atoms with Crippen molar-refractivity contribution in [1.82, 2.24) is 0 Å². The van der Waals surface area contributed by atoms with E-state index in [1.54, 1.807) is 0 Å². The van der Waals surface area contributed by atoms with Crippen molar-refractivity contribution in [3.8, 4) is 5.75 Å². The van der Waals surface area contributed by atoms with Gasteiger partial charge in [-0.1, -0.05) is 6.42 Å². The summed E-state index contributed by atoms with van der Waals surface area (Å²) in [6.07, 6.45) is 4.18. The first-order chi connectivity index (χ1) is 9.11. The van der Waals surface area contributed by atoms with E-state index >= 15 is 0 Å². The van der Waals surface area contributed by atoms with E-state index in [4.69, 9.17) is 10.5 Å². The first kappa shape index (κ1) is 14.1. The summed E-state index contributed by atoms with van der Waals surface area (Å²) in [5, 5.41) is 0. The molecular formula is C16H23NO2. The van der Waals surface area contributed by atoms with Gasteiger partial charge in [-0.25, -0.2) is 0 Å². The summed E-state index contributed by atoms with van der Waals surface area (Å²) in [5.74, 6) is 1.47. The minimum Gasteiger partial charge on any atom is -0.493 e. The number of carbonyl (C=O) groups is 1. The van der Waals surface area contributed by atoms with Gasteiger partial charge in [-0.3, -0.25) is 4.79 Å². The molecule has 1 aliphatic carbocycles. The van der Waals surface area contributed by atoms with Crippen molar-refractivity contribution in [1.29, 1.82) is 0 Å². The molecule has 0 unspecified atom stereocenters. The highest BCUT2D eigenvalue weighted by Gasteiger charge is 2.20. The van der Waals surface area contributed by atoms with Crippen molar-refractivity contribution in [3.63, 3.8) is 0 Å². The number of rotatable bonds is 6. The van der Waals surface area contributed by atoms with Crippen LogP contribution in [-0.4, -0.2) is 18.9 Å². The maximum atomic E-state index is 12.1. The van der Waals surface area contributed by atoms with Crippen LogP contribution in [0.25, 0.3) is 0 Å². The monoisotopic (exact) mass is 261 g/mol. The third-order valence-corrected chi connectivity index (χ3v) is 3.97. The zero-order chi connectivity index (χ0) is 13.8. The second-order valence-corrected chi connectivity index (χ2v) is 5.50. The van der Waals surface area contributed by atoms with E-state index in [1.165, 1.54) is 19.3 Å². The van der Waals surface area contributed by atoms with Crippen molar-refractivity contribution in [2.45, 2.75) is 39.5 Å². The van der Waals surface area contributed by atoms with Gasteiger partial charge in [0.05, 0.1) is 12.2 Å². The fourth-order valence-electron chi connectivity index (χ4n) is 2.26. The number of ether oxygens (including phenoxy) is 1. The van der Waals surface area contributed by atoms with Crippen LogP contribution in [0.4, 0.5) is 0 Å². The SMILES string of the molecule is Cc1cc(OCC2CCC2)c(C(=O)CCN)cc1C. The number of benzene rings is 1. The lowest BCUT2D eigenvalue weighted by Gasteiger charge is -2.26. The van der Waals surface area contributed by atoms with Gasteiger partial charge in [-0.15, -0.1) is 0 Å². The molecule has 1 aromatic rings. The number of hydrogen-bond acceptors (Lipinski definition) is 3. The van der Waals surface area contributed by atoms with Gasteiger partial charge in [-0.2, -0.15) is 0 Å². The molecule has 2 rings (SSSR count). The summed E-state index contributed by atoms with van der Waals surface area (Å²) >= 11 is 0. The van der Waals surface area contributed by atoms with Crippen molar-refractivity contribution in [2.75, 3.05) is 13.2 Å². The Hall–Kier alpha value is -1.35. The molecule has 0 aliphatic heterocycles. The molecule has 0 amide bonds. The summed E-state index contributed by atoms with van der Waals surface area (Å²) in [5.41, 5.74) is 8.45. The quantitative estimate of drug-likeness (QED) is 0.801. The summed E-state index contributed by atoms with van der Waals surface area (Å²) in [6.45, 7) is 5.17. The number of aryl methyl sites for hydroxylation is 2. The van der Waals surface area contributed by atoms with Crippen molar-refractivity contribution >= 4 is 5.78 Å². The third-order valence-electron chi connectivity index (χ3n) is 3.97. The first-order valence-corrected chi connectivity index (χ1v) is 7.09. The second-order valence-electron chi connectivity index (χ2n) is 5.50. The molecule has 19 heavy (non-hydrogen) atoms. The van der Waals surface area contributed by atoms with Crippen LogP contribution in [0.3, 0.4) is 0 Å². The van der Waals surface area contributed by atoms with Gasteiger partial charge < -0.3 is 10.5 Å². The number of nitrogens with two attached hydrogens (primary N) is 1. The molecule has 3 heteroatoms. The summed E-state index contributed by atoms with van der Waals surface area (Å²) < 4.78 is 5.88. The third kappa shape index (κ3) is 3.35. The van der Waals surface area contributed by atoms with Gasteiger partial charge in [0, 0.05) is 6.42 Å². The van der Waals surface area contributed by atoms with Gasteiger partial charge in [0.2, 0.25) is 0 Å². The predicted octanol–water partition coefficient (Wildman–Crippen LogP) is 3.01. The van der Waals surface area contributed by atoms with Crippen LogP contribution in [-0.2, 0) is 0 Å². The highest BCUT2D eigenvalue weighted by atomic mass is 16.5. The van der Waals surface area contributed by atoms with E-state index in [9.17, 15) is 4.79 Å². The fourth-order valence-corrected chi connectivity index (χ4v) is 2.26. The number of carbonyl (C=O) groups excluding carboxylic acids is 1. The molecule has 0 radical (unpaired) electrons. The molecular weight excluding hydrogens is 238 g/mol. The molecule has 1 saturated carbocycles. The molecule has 0 heterocycles. The molecule has 1 aliphatic rings. The van der Waals surface area contributed by atoms with Gasteiger partial charge in [-0.05, 0) is 62.4 Å². The highest BCUT2D eigenvalue weighted by molar-refractivity contribution is 5.99. The molecule has 0 atom stereocenters. The summed E-state index contributed by atoms with van der Waals surface area (Å²) in [4.78, 5) is 12.1. The van der Waals surface area contributed by atoms with Crippen LogP contribution in [0.1, 0.15) is 47.2 Å². The normalized spacial score (nSPS) is 15.1. The molecule has 0 aromatic heterocycles. The largest absolute Gasteiger partial charge is 0.493 e. The van der Waals surface area contributed by atoms with E-state index in [0.717, 1.165) is 23.5 Å². The average molecular weight is 261 g/mol. The van der Waals surface area contributed by atoms with Gasteiger partial charge in [0.15, 0.2) is 5.78 Å². The van der Waals surface area contributed by atoms with E-state index in [2.05, 4.69) is 0 Å². The van der Waals surface area contributed by atoms with Crippen molar-refractivity contribution < 1.29 is 9.53 Å². The Labute approximate surface area is 115 Å². The van der Waals surface area contributed by atoms with E-state index < -0.39 is 0 Å². The van der Waals surface area contributed by atoms with E-state index in [1.807, 2.05) is 26.0 Å². The van der Waals surface area contributed by atoms with Crippen LogP contribution in [0.2, 0.25) is 0 Å². The zero-order valence-corrected chi connectivity index (χ0v) is 11.9. The molecule has 1 fully saturated rings. The summed E-state index contributed by atoms with van der Waals surface area (Å²) in [7, 11) is 0. The molecule has 0 spiro atoms. The number of Topliss-reactive ketones (excluding diaryl/α,β-unsaturated/α-hetero) is 1. The molecule has 0 bridgehead atoms. The van der Waals surface area contributed by atoms with Crippen molar-refractivity contribution in [3.05, 3.63) is 28.8 Å². The maximum absolute atomic E-state index is 12.1. The number of hydrogen-bond donors (Lipinski definition) is 1. The molecule has 104 valence electrons. The Kier molecular flexibility index (Phi) is 4.59. The predicted molar refractivity (Wildman–Crippen MR) is 76.8 cm³/mol. The summed E-state index contributed by atoms with van der Waals surface area (Å²) in [6, 6.07) is 3.92. The van der Waals surface area contributed by atoms with Crippen LogP contribution < -0.4 is 10.5 Å². The molecule has 2 N–H and O–H groups in total. The maximum Gasteiger partial charge on any atom is 0.167 e. The Balaban J connectivity index is 2.17. The Morgan fingerprint density at radius 3 is 2.58 bits per heavy atom. The molecule has 1 aromatic carbocycles. The standard InChI is InChI=1S/C16H23NO2/c1-11-8-14(15(18)6-7-17)16(9-12(11)2)19-10-13-4-3-5-13/h8-9,13H,3-7,10,17H2,1-2H3. The average Bonchev–Trinajstić information content (AvgIpc) is 2.31. The van der Waals surface area contributed by atoms with Gasteiger partial charge in [0.25, 0.3) is 0 Å². The first-order valence-electron chi connectivity index (χ1n) is 7.09. The lowest BCUT2D eigenvalue weighted by molar-refractivity contribution is 0.0978. The minimum atomic E-state index is 0.0780. The smallest absolute Gasteiger partial charge is 0.167 e. The van der Waals surface area contributed by atoms with Crippen LogP contribution in [0.15, 0.2) is 12.1 Å². The minimum absolute atomic E-state index is 0.0780. The zero-order valence-electron chi connectivity index (χ0n) is 11.9. The Morgan fingerprint density at radius 2 is 2.00 bits per heavy atom. The number of ketones is 1. The Morgan fingerprint density at radius 1 is 1.32 bits per heavy atom. The van der Waals surface area contributed by atoms with Crippen LogP contribution in [0, 0.1) is 19.8 Å². The van der Waals surface area contributed by atoms with Crippen molar-refractivity contribution in [2.24, 2.45) is 11.7 Å². The lowest BCUT2D eigenvalue weighted by Crippen LogP contribution is -2.20.